The van der Waals surface area contributed by atoms with E-state index in [4.69, 9.17) is 15.9 Å². The maximum atomic E-state index is 7.86. The Kier molecular flexibility index (Phi) is 5.33. The normalized spacial score (nSPS) is 11.1. The van der Waals surface area contributed by atoms with E-state index in [1.54, 1.807) is 0 Å². The third-order valence-corrected chi connectivity index (χ3v) is 3.33. The summed E-state index contributed by atoms with van der Waals surface area (Å²) in [6, 6.07) is 9.97. The van der Waals surface area contributed by atoms with Crippen molar-refractivity contribution in [1.82, 2.24) is 9.55 Å². The van der Waals surface area contributed by atoms with Crippen molar-refractivity contribution in [1.29, 1.82) is 5.41 Å². The second-order valence-corrected chi connectivity index (χ2v) is 5.65. The van der Waals surface area contributed by atoms with Crippen LogP contribution in [0.4, 0.5) is 0 Å². The molecule has 0 amide bonds. The van der Waals surface area contributed by atoms with Crippen molar-refractivity contribution in [3.05, 3.63) is 41.9 Å². The molecule has 1 heterocycles. The lowest BCUT2D eigenvalue weighted by Gasteiger charge is -2.15. The minimum absolute atomic E-state index is 0.0147. The molecular formula is C17H24N4O. The lowest BCUT2D eigenvalue weighted by atomic mass is 10.1. The number of ether oxygens (including phenoxy) is 1. The van der Waals surface area contributed by atoms with Gasteiger partial charge in [-0.2, -0.15) is 0 Å². The summed E-state index contributed by atoms with van der Waals surface area (Å²) < 4.78 is 7.66. The lowest BCUT2D eigenvalue weighted by molar-refractivity contribution is 0.125. The summed E-state index contributed by atoms with van der Waals surface area (Å²) in [6.07, 6.45) is 0. The van der Waals surface area contributed by atoms with E-state index < -0.39 is 0 Å². The van der Waals surface area contributed by atoms with Crippen LogP contribution in [-0.2, 0) is 17.9 Å². The first-order valence-corrected chi connectivity index (χ1v) is 7.61. The van der Waals surface area contributed by atoms with E-state index >= 15 is 0 Å². The molecule has 3 N–H and O–H groups in total. The molecule has 0 spiro atoms. The first-order valence-electron chi connectivity index (χ1n) is 7.61. The second kappa shape index (κ2) is 7.22. The first-order chi connectivity index (χ1) is 10.5. The highest BCUT2D eigenvalue weighted by molar-refractivity contribution is 5.99. The van der Waals surface area contributed by atoms with E-state index in [0.717, 1.165) is 23.6 Å². The molecular weight excluding hydrogens is 276 g/mol. The molecule has 0 saturated carbocycles. The molecule has 5 nitrogen and oxygen atoms in total. The average molecular weight is 300 g/mol. The highest BCUT2D eigenvalue weighted by Crippen LogP contribution is 2.26. The summed E-state index contributed by atoms with van der Waals surface area (Å²) in [5.41, 5.74) is 8.21. The smallest absolute Gasteiger partial charge is 0.144 e. The van der Waals surface area contributed by atoms with Crippen molar-refractivity contribution in [3.8, 4) is 11.3 Å². The third-order valence-electron chi connectivity index (χ3n) is 3.33. The molecule has 0 aliphatic heterocycles. The van der Waals surface area contributed by atoms with Crippen LogP contribution in [0.5, 0.6) is 0 Å². The van der Waals surface area contributed by atoms with Gasteiger partial charge in [0.15, 0.2) is 0 Å². The number of hydrogen-bond donors (Lipinski definition) is 2. The molecule has 5 heteroatoms. The average Bonchev–Trinajstić information content (AvgIpc) is 2.84. The zero-order chi connectivity index (χ0) is 16.1. The zero-order valence-electron chi connectivity index (χ0n) is 13.5. The number of nitrogens with one attached hydrogen (secondary N) is 1. The number of nitrogens with zero attached hydrogens (tertiary/aromatic N) is 2. The SMILES string of the molecule is CCOCc1nc(C(=N)N)c(-c2ccccc2)n1CC(C)C. The molecule has 0 aliphatic rings. The quantitative estimate of drug-likeness (QED) is 0.609. The van der Waals surface area contributed by atoms with Crippen LogP contribution in [0.1, 0.15) is 32.3 Å². The predicted octanol–water partition coefficient (Wildman–Crippen LogP) is 3.03. The van der Waals surface area contributed by atoms with E-state index in [-0.39, 0.29) is 5.84 Å². The number of benzene rings is 1. The molecule has 0 unspecified atom stereocenters. The Bertz CT molecular complexity index is 632. The zero-order valence-corrected chi connectivity index (χ0v) is 13.5. The van der Waals surface area contributed by atoms with Gasteiger partial charge in [-0.3, -0.25) is 5.41 Å². The minimum Gasteiger partial charge on any atom is -0.382 e. The summed E-state index contributed by atoms with van der Waals surface area (Å²) in [5.74, 6) is 1.26. The van der Waals surface area contributed by atoms with Crippen molar-refractivity contribution in [2.75, 3.05) is 6.61 Å². The van der Waals surface area contributed by atoms with E-state index in [1.807, 2.05) is 37.3 Å². The topological polar surface area (TPSA) is 76.9 Å². The molecule has 1 aromatic carbocycles. The van der Waals surface area contributed by atoms with Gasteiger partial charge in [0.05, 0.1) is 5.69 Å². The van der Waals surface area contributed by atoms with Crippen LogP contribution in [0.25, 0.3) is 11.3 Å². The van der Waals surface area contributed by atoms with Gasteiger partial charge in [0.25, 0.3) is 0 Å². The van der Waals surface area contributed by atoms with Crippen LogP contribution in [0, 0.1) is 11.3 Å². The van der Waals surface area contributed by atoms with E-state index in [9.17, 15) is 0 Å². The number of amidine groups is 1. The predicted molar refractivity (Wildman–Crippen MR) is 88.8 cm³/mol. The molecule has 0 fully saturated rings. The fourth-order valence-electron chi connectivity index (χ4n) is 2.44. The minimum atomic E-state index is -0.0147. The summed E-state index contributed by atoms with van der Waals surface area (Å²) in [6.45, 7) is 8.15. The van der Waals surface area contributed by atoms with Gasteiger partial charge in [-0.15, -0.1) is 0 Å². The van der Waals surface area contributed by atoms with E-state index in [1.165, 1.54) is 0 Å². The van der Waals surface area contributed by atoms with Crippen molar-refractivity contribution in [2.45, 2.75) is 33.9 Å². The third kappa shape index (κ3) is 3.54. The van der Waals surface area contributed by atoms with Gasteiger partial charge in [-0.1, -0.05) is 44.2 Å². The van der Waals surface area contributed by atoms with Gasteiger partial charge in [0, 0.05) is 18.7 Å². The maximum absolute atomic E-state index is 7.86. The molecule has 0 atom stereocenters. The van der Waals surface area contributed by atoms with Crippen LogP contribution in [0.15, 0.2) is 30.3 Å². The van der Waals surface area contributed by atoms with Crippen LogP contribution in [-0.4, -0.2) is 22.0 Å². The Morgan fingerprint density at radius 2 is 2.00 bits per heavy atom. The number of imidazole rings is 1. The maximum Gasteiger partial charge on any atom is 0.144 e. The molecule has 22 heavy (non-hydrogen) atoms. The Balaban J connectivity index is 2.60. The molecule has 0 radical (unpaired) electrons. The fourth-order valence-corrected chi connectivity index (χ4v) is 2.44. The van der Waals surface area contributed by atoms with Crippen LogP contribution < -0.4 is 5.73 Å². The van der Waals surface area contributed by atoms with E-state index in [2.05, 4.69) is 23.4 Å². The van der Waals surface area contributed by atoms with E-state index in [0.29, 0.717) is 24.8 Å². The van der Waals surface area contributed by atoms with Crippen molar-refractivity contribution in [3.63, 3.8) is 0 Å². The number of nitrogen functional groups attached to an aromatic ring is 1. The molecule has 0 aliphatic carbocycles. The summed E-state index contributed by atoms with van der Waals surface area (Å²) in [4.78, 5) is 4.57. The van der Waals surface area contributed by atoms with Gasteiger partial charge >= 0.3 is 0 Å². The largest absolute Gasteiger partial charge is 0.382 e. The molecule has 1 aromatic heterocycles. The van der Waals surface area contributed by atoms with Crippen LogP contribution in [0.3, 0.4) is 0 Å². The molecule has 2 aromatic rings. The van der Waals surface area contributed by atoms with Gasteiger partial charge in [0.1, 0.15) is 24.0 Å². The Morgan fingerprint density at radius 1 is 1.32 bits per heavy atom. The van der Waals surface area contributed by atoms with Crippen molar-refractivity contribution >= 4 is 5.84 Å². The molecule has 0 saturated heterocycles. The number of aromatic nitrogens is 2. The summed E-state index contributed by atoms with van der Waals surface area (Å²) >= 11 is 0. The van der Waals surface area contributed by atoms with Crippen molar-refractivity contribution < 1.29 is 4.74 Å². The summed E-state index contributed by atoms with van der Waals surface area (Å²) in [5, 5.41) is 7.86. The molecule has 2 rings (SSSR count). The Labute approximate surface area is 131 Å². The van der Waals surface area contributed by atoms with Crippen molar-refractivity contribution in [2.24, 2.45) is 11.7 Å². The monoisotopic (exact) mass is 300 g/mol. The van der Waals surface area contributed by atoms with Gasteiger partial charge in [-0.25, -0.2) is 4.98 Å². The number of hydrogen-bond acceptors (Lipinski definition) is 3. The second-order valence-electron chi connectivity index (χ2n) is 5.65. The number of nitrogens with two attached hydrogens (primary N) is 1. The Hall–Kier alpha value is -2.14. The fraction of sp³-hybridized carbons (Fsp3) is 0.412. The van der Waals surface area contributed by atoms with Gasteiger partial charge in [0.2, 0.25) is 0 Å². The first kappa shape index (κ1) is 16.2. The lowest BCUT2D eigenvalue weighted by Crippen LogP contribution is -2.14. The van der Waals surface area contributed by atoms with Crippen LogP contribution in [0.2, 0.25) is 0 Å². The molecule has 0 bridgehead atoms. The van der Waals surface area contributed by atoms with Gasteiger partial charge in [-0.05, 0) is 12.8 Å². The molecule has 118 valence electrons. The Morgan fingerprint density at radius 3 is 2.55 bits per heavy atom. The highest BCUT2D eigenvalue weighted by Gasteiger charge is 2.20. The van der Waals surface area contributed by atoms with Crippen LogP contribution >= 0.6 is 0 Å². The summed E-state index contributed by atoms with van der Waals surface area (Å²) in [7, 11) is 0. The standard InChI is InChI=1S/C17H24N4O/c1-4-22-11-14-20-15(17(18)19)16(21(14)10-12(2)3)13-8-6-5-7-9-13/h5-9,12H,4,10-11H2,1-3H3,(H3,18,19). The highest BCUT2D eigenvalue weighted by atomic mass is 16.5. The van der Waals surface area contributed by atoms with Gasteiger partial charge < -0.3 is 15.0 Å². The number of rotatable bonds is 7.